The van der Waals surface area contributed by atoms with Crippen molar-refractivity contribution in [3.8, 4) is 29.1 Å². The number of benzene rings is 2. The molecule has 37 heavy (non-hydrogen) atoms. The van der Waals surface area contributed by atoms with Crippen LogP contribution in [0.25, 0.3) is 49.7 Å². The fourth-order valence-corrected chi connectivity index (χ4v) is 4.66. The predicted molar refractivity (Wildman–Crippen MR) is 140 cm³/mol. The number of aromatic amines is 1. The molecule has 0 spiro atoms. The molecule has 0 unspecified atom stereocenters. The number of aromatic nitrogens is 6. The minimum absolute atomic E-state index is 0.449. The van der Waals surface area contributed by atoms with Crippen molar-refractivity contribution >= 4 is 32.8 Å². The highest BCUT2D eigenvalue weighted by atomic mass is 15.2. The van der Waals surface area contributed by atoms with Crippen LogP contribution in [0.2, 0.25) is 0 Å². The summed E-state index contributed by atoms with van der Waals surface area (Å²) < 4.78 is 3.77. The van der Waals surface area contributed by atoms with Crippen molar-refractivity contribution in [2.45, 2.75) is 19.3 Å². The van der Waals surface area contributed by atoms with Crippen LogP contribution in [0, 0.1) is 22.8 Å². The van der Waals surface area contributed by atoms with Gasteiger partial charge in [0.05, 0.1) is 63.5 Å². The van der Waals surface area contributed by atoms with Gasteiger partial charge in [-0.3, -0.25) is 19.6 Å². The number of rotatable bonds is 3. The Bertz CT molecular complexity index is 1990. The fourth-order valence-electron chi connectivity index (χ4n) is 4.66. The lowest BCUT2D eigenvalue weighted by Gasteiger charge is -2.15. The monoisotopic (exact) mass is 483 g/mol. The van der Waals surface area contributed by atoms with Crippen molar-refractivity contribution in [1.29, 1.82) is 10.5 Å². The van der Waals surface area contributed by atoms with E-state index in [9.17, 15) is 10.5 Å². The van der Waals surface area contributed by atoms with Crippen LogP contribution in [-0.2, 0) is 12.5 Å². The molecule has 0 saturated heterocycles. The fraction of sp³-hybridized carbons (Fsp3) is 0.143. The first-order valence-electron chi connectivity index (χ1n) is 11.7. The number of fused-ring (bicyclic) bond motifs is 4. The van der Waals surface area contributed by atoms with Crippen molar-refractivity contribution < 1.29 is 0 Å². The molecule has 0 saturated carbocycles. The minimum Gasteiger partial charge on any atom is -0.311 e. The van der Waals surface area contributed by atoms with Gasteiger partial charge in [0.15, 0.2) is 0 Å². The summed E-state index contributed by atoms with van der Waals surface area (Å²) in [5, 5.41) is 28.1. The van der Waals surface area contributed by atoms with E-state index < -0.39 is 5.41 Å². The van der Waals surface area contributed by atoms with Gasteiger partial charge in [-0.2, -0.15) is 15.6 Å². The van der Waals surface area contributed by atoms with Crippen molar-refractivity contribution in [3.63, 3.8) is 0 Å². The van der Waals surface area contributed by atoms with Crippen LogP contribution in [0.5, 0.6) is 0 Å². The quantitative estimate of drug-likeness (QED) is 0.367. The number of imidazole rings is 1. The molecule has 0 aliphatic rings. The molecule has 0 aliphatic heterocycles. The van der Waals surface area contributed by atoms with Gasteiger partial charge in [0.1, 0.15) is 0 Å². The number of H-pyrrole nitrogens is 1. The van der Waals surface area contributed by atoms with Gasteiger partial charge < -0.3 is 4.57 Å². The van der Waals surface area contributed by atoms with Gasteiger partial charge in [0, 0.05) is 17.8 Å². The Balaban J connectivity index is 1.65. The number of nitrogens with one attached hydrogen (secondary N) is 1. The maximum atomic E-state index is 9.52. The molecule has 0 atom stereocenters. The lowest BCUT2D eigenvalue weighted by Crippen LogP contribution is -2.23. The van der Waals surface area contributed by atoms with Gasteiger partial charge in [-0.15, -0.1) is 4.99 Å². The summed E-state index contributed by atoms with van der Waals surface area (Å²) in [6.45, 7) is 3.66. The highest BCUT2D eigenvalue weighted by Gasteiger charge is 2.22. The zero-order valence-corrected chi connectivity index (χ0v) is 20.4. The topological polar surface area (TPSA) is 124 Å². The van der Waals surface area contributed by atoms with E-state index in [1.54, 1.807) is 18.6 Å². The van der Waals surface area contributed by atoms with Crippen molar-refractivity contribution in [3.05, 3.63) is 78.4 Å². The van der Waals surface area contributed by atoms with Crippen LogP contribution in [0.4, 0.5) is 0 Å². The molecule has 178 valence electrons. The van der Waals surface area contributed by atoms with Gasteiger partial charge in [-0.05, 0) is 55.3 Å². The molecule has 0 fully saturated rings. The molecule has 4 heterocycles. The number of hydrogen-bond donors (Lipinski definition) is 1. The molecule has 2 aromatic carbocycles. The van der Waals surface area contributed by atoms with E-state index in [0.29, 0.717) is 11.3 Å². The molecule has 4 aromatic heterocycles. The second-order valence-electron chi connectivity index (χ2n) is 9.44. The minimum atomic E-state index is -0.719. The smallest absolute Gasteiger partial charge is 0.226 e. The predicted octanol–water partition coefficient (Wildman–Crippen LogP) is 4.64. The third-order valence-electron chi connectivity index (χ3n) is 6.76. The summed E-state index contributed by atoms with van der Waals surface area (Å²) in [6, 6.07) is 18.4. The van der Waals surface area contributed by atoms with E-state index in [0.717, 1.165) is 49.7 Å². The average Bonchev–Trinajstić information content (AvgIpc) is 3.51. The van der Waals surface area contributed by atoms with Gasteiger partial charge in [-0.1, -0.05) is 18.2 Å². The largest absolute Gasteiger partial charge is 0.311 e. The van der Waals surface area contributed by atoms with E-state index >= 15 is 0 Å². The van der Waals surface area contributed by atoms with E-state index in [1.807, 2.05) is 66.6 Å². The highest BCUT2D eigenvalue weighted by molar-refractivity contribution is 6.04. The number of nitrogens with zero attached hydrogens (tertiary/aromatic N) is 8. The average molecular weight is 484 g/mol. The molecule has 9 nitrogen and oxygen atoms in total. The van der Waals surface area contributed by atoms with Crippen LogP contribution in [0.1, 0.15) is 19.5 Å². The maximum absolute atomic E-state index is 9.52. The van der Waals surface area contributed by atoms with E-state index in [-0.39, 0.29) is 0 Å². The molecule has 0 bridgehead atoms. The Hall–Kier alpha value is -5.28. The maximum Gasteiger partial charge on any atom is 0.226 e. The van der Waals surface area contributed by atoms with Crippen LogP contribution in [-0.4, -0.2) is 29.3 Å². The third kappa shape index (κ3) is 3.45. The van der Waals surface area contributed by atoms with E-state index in [2.05, 4.69) is 49.4 Å². The first kappa shape index (κ1) is 22.2. The molecule has 0 amide bonds. The van der Waals surface area contributed by atoms with Gasteiger partial charge >= 0.3 is 0 Å². The van der Waals surface area contributed by atoms with E-state index in [1.165, 1.54) is 0 Å². The Kier molecular flexibility index (Phi) is 4.89. The summed E-state index contributed by atoms with van der Waals surface area (Å²) in [5.74, 6) is 0. The zero-order chi connectivity index (χ0) is 25.7. The normalized spacial score (nSPS) is 12.3. The summed E-state index contributed by atoms with van der Waals surface area (Å²) in [5.41, 5.74) is 6.66. The Labute approximate surface area is 211 Å². The first-order valence-corrected chi connectivity index (χ1v) is 11.7. The Morgan fingerprint density at radius 2 is 1.76 bits per heavy atom. The molecule has 0 radical (unpaired) electrons. The second kappa shape index (κ2) is 8.14. The SMILES string of the molecule is Cn1c(=NC#N)n(-c2ccc(C(C)(C)C#N)nc2)c2c3cc(-c4ccc5cn[nH]c5c4)ccc3ncc21. The van der Waals surface area contributed by atoms with Gasteiger partial charge in [0.2, 0.25) is 11.8 Å². The zero-order valence-electron chi connectivity index (χ0n) is 20.4. The molecule has 1 N–H and O–H groups in total. The standard InChI is InChI=1S/C28H21N9/c1-28(2,15-29)25-9-7-20(13-32-25)37-26-21-10-17(18-4-5-19-12-34-35-23(19)11-18)6-8-22(21)31-14-24(26)36(3)27(37)33-16-30/h4-14H,1-3H3,(H,34,35). The van der Waals surface area contributed by atoms with Crippen molar-refractivity contribution in [1.82, 2.24) is 29.3 Å². The Morgan fingerprint density at radius 1 is 0.946 bits per heavy atom. The summed E-state index contributed by atoms with van der Waals surface area (Å²) >= 11 is 0. The molecule has 9 heteroatoms. The lowest BCUT2D eigenvalue weighted by molar-refractivity contribution is 0.658. The number of aryl methyl sites for hydroxylation is 1. The first-order chi connectivity index (χ1) is 17.9. The van der Waals surface area contributed by atoms with E-state index in [4.69, 9.17) is 0 Å². The summed E-state index contributed by atoms with van der Waals surface area (Å²) in [4.78, 5) is 13.4. The third-order valence-corrected chi connectivity index (χ3v) is 6.76. The number of nitriles is 2. The van der Waals surface area contributed by atoms with Crippen LogP contribution in [0.3, 0.4) is 0 Å². The van der Waals surface area contributed by atoms with Gasteiger partial charge in [-0.25, -0.2) is 0 Å². The van der Waals surface area contributed by atoms with Crippen LogP contribution >= 0.6 is 0 Å². The Morgan fingerprint density at radius 3 is 2.51 bits per heavy atom. The molecule has 6 rings (SSSR count). The number of hydrogen-bond acceptors (Lipinski definition) is 6. The molecule has 0 aliphatic carbocycles. The molecule has 6 aromatic rings. The van der Waals surface area contributed by atoms with Crippen molar-refractivity contribution in [2.75, 3.05) is 0 Å². The summed E-state index contributed by atoms with van der Waals surface area (Å²) in [7, 11) is 1.86. The molecular formula is C28H21N9. The highest BCUT2D eigenvalue weighted by Crippen LogP contribution is 2.31. The van der Waals surface area contributed by atoms with Crippen molar-refractivity contribution in [2.24, 2.45) is 12.0 Å². The van der Waals surface area contributed by atoms with Crippen LogP contribution < -0.4 is 5.62 Å². The molecular weight excluding hydrogens is 462 g/mol. The second-order valence-corrected chi connectivity index (χ2v) is 9.44. The van der Waals surface area contributed by atoms with Gasteiger partial charge in [0.25, 0.3) is 0 Å². The van der Waals surface area contributed by atoms with Crippen LogP contribution in [0.15, 0.2) is 72.1 Å². The lowest BCUT2D eigenvalue weighted by atomic mass is 9.91. The summed E-state index contributed by atoms with van der Waals surface area (Å²) in [6.07, 6.45) is 7.24. The number of pyridine rings is 2.